The van der Waals surface area contributed by atoms with Gasteiger partial charge in [0.2, 0.25) is 0 Å². The van der Waals surface area contributed by atoms with E-state index in [4.69, 9.17) is 17.3 Å². The molecule has 0 atom stereocenters. The fourth-order valence-electron chi connectivity index (χ4n) is 1.41. The molecule has 0 radical (unpaired) electrons. The Bertz CT molecular complexity index is 602. The average molecular weight is 273 g/mol. The molecule has 2 rings (SSSR count). The SMILES string of the molecule is Nc1cc(Cl)ccc1Nc1cc(F)c(F)cc1F. The van der Waals surface area contributed by atoms with E-state index >= 15 is 0 Å². The van der Waals surface area contributed by atoms with E-state index in [0.717, 1.165) is 6.07 Å². The monoisotopic (exact) mass is 272 g/mol. The number of halogens is 4. The summed E-state index contributed by atoms with van der Waals surface area (Å²) in [4.78, 5) is 0. The number of hydrogen-bond donors (Lipinski definition) is 2. The molecule has 0 fully saturated rings. The molecule has 3 N–H and O–H groups in total. The van der Waals surface area contributed by atoms with Crippen LogP contribution in [0.3, 0.4) is 0 Å². The van der Waals surface area contributed by atoms with Gasteiger partial charge in [-0.15, -0.1) is 0 Å². The Balaban J connectivity index is 2.37. The van der Waals surface area contributed by atoms with Crippen LogP contribution in [0.4, 0.5) is 30.2 Å². The van der Waals surface area contributed by atoms with Crippen LogP contribution in [0.15, 0.2) is 30.3 Å². The topological polar surface area (TPSA) is 38.0 Å². The van der Waals surface area contributed by atoms with Gasteiger partial charge in [0.15, 0.2) is 11.6 Å². The second-order valence-electron chi connectivity index (χ2n) is 3.60. The highest BCUT2D eigenvalue weighted by Crippen LogP contribution is 2.28. The number of anilines is 3. The molecule has 94 valence electrons. The minimum atomic E-state index is -1.25. The maximum absolute atomic E-state index is 13.4. The van der Waals surface area contributed by atoms with E-state index in [1.54, 1.807) is 0 Å². The third-order valence-corrected chi connectivity index (χ3v) is 2.53. The molecule has 0 heterocycles. The lowest BCUT2D eigenvalue weighted by Gasteiger charge is -2.10. The van der Waals surface area contributed by atoms with Gasteiger partial charge in [-0.25, -0.2) is 13.2 Å². The van der Waals surface area contributed by atoms with Crippen LogP contribution < -0.4 is 11.1 Å². The maximum atomic E-state index is 13.4. The number of nitrogens with one attached hydrogen (secondary N) is 1. The third-order valence-electron chi connectivity index (χ3n) is 2.29. The number of nitrogen functional groups attached to an aromatic ring is 1. The second kappa shape index (κ2) is 4.78. The highest BCUT2D eigenvalue weighted by Gasteiger charge is 2.11. The van der Waals surface area contributed by atoms with Gasteiger partial charge < -0.3 is 11.1 Å². The van der Waals surface area contributed by atoms with Crippen LogP contribution in [-0.4, -0.2) is 0 Å². The van der Waals surface area contributed by atoms with Gasteiger partial charge in [0.25, 0.3) is 0 Å². The van der Waals surface area contributed by atoms with Crippen molar-refractivity contribution in [3.05, 3.63) is 52.8 Å². The highest BCUT2D eigenvalue weighted by atomic mass is 35.5. The van der Waals surface area contributed by atoms with Crippen molar-refractivity contribution >= 4 is 28.7 Å². The van der Waals surface area contributed by atoms with E-state index < -0.39 is 17.5 Å². The zero-order valence-corrected chi connectivity index (χ0v) is 9.73. The third kappa shape index (κ3) is 2.51. The Kier molecular flexibility index (Phi) is 3.34. The molecule has 18 heavy (non-hydrogen) atoms. The minimum Gasteiger partial charge on any atom is -0.397 e. The van der Waals surface area contributed by atoms with Crippen LogP contribution in [0.1, 0.15) is 0 Å². The number of hydrogen-bond acceptors (Lipinski definition) is 2. The van der Waals surface area contributed by atoms with Gasteiger partial charge in [-0.3, -0.25) is 0 Å². The van der Waals surface area contributed by atoms with Crippen molar-refractivity contribution in [2.24, 2.45) is 0 Å². The van der Waals surface area contributed by atoms with Crippen LogP contribution in [0.5, 0.6) is 0 Å². The van der Waals surface area contributed by atoms with Crippen LogP contribution in [0.2, 0.25) is 5.02 Å². The first-order valence-corrected chi connectivity index (χ1v) is 5.32. The van der Waals surface area contributed by atoms with Gasteiger partial charge in [-0.1, -0.05) is 11.6 Å². The number of rotatable bonds is 2. The Morgan fingerprint density at radius 3 is 2.22 bits per heavy atom. The summed E-state index contributed by atoms with van der Waals surface area (Å²) in [5.74, 6) is -3.31. The summed E-state index contributed by atoms with van der Waals surface area (Å²) in [6, 6.07) is 5.70. The lowest BCUT2D eigenvalue weighted by atomic mass is 10.2. The fourth-order valence-corrected chi connectivity index (χ4v) is 1.59. The van der Waals surface area contributed by atoms with Gasteiger partial charge in [0.05, 0.1) is 17.1 Å². The van der Waals surface area contributed by atoms with Crippen molar-refractivity contribution in [3.63, 3.8) is 0 Å². The van der Waals surface area contributed by atoms with Gasteiger partial charge in [-0.05, 0) is 18.2 Å². The standard InChI is InChI=1S/C12H8ClF3N2/c13-6-1-2-11(10(17)3-6)18-12-5-8(15)7(14)4-9(12)16/h1-5,18H,17H2. The molecule has 2 aromatic rings. The molecule has 6 heteroatoms. The van der Waals surface area contributed by atoms with Crippen LogP contribution in [-0.2, 0) is 0 Å². The molecule has 0 unspecified atom stereocenters. The van der Waals surface area contributed by atoms with Crippen LogP contribution in [0, 0.1) is 17.5 Å². The number of benzene rings is 2. The minimum absolute atomic E-state index is 0.206. The average Bonchev–Trinajstić information content (AvgIpc) is 2.29. The van der Waals surface area contributed by atoms with Crippen molar-refractivity contribution in [2.75, 3.05) is 11.1 Å². The zero-order valence-electron chi connectivity index (χ0n) is 8.98. The Morgan fingerprint density at radius 1 is 0.889 bits per heavy atom. The van der Waals surface area contributed by atoms with Crippen molar-refractivity contribution in [3.8, 4) is 0 Å². The number of nitrogens with two attached hydrogens (primary N) is 1. The normalized spacial score (nSPS) is 10.4. The van der Waals surface area contributed by atoms with Crippen molar-refractivity contribution in [1.82, 2.24) is 0 Å². The molecular formula is C12H8ClF3N2. The lowest BCUT2D eigenvalue weighted by Crippen LogP contribution is -2.00. The molecule has 0 spiro atoms. The predicted octanol–water partition coefficient (Wildman–Crippen LogP) is 4.08. The Morgan fingerprint density at radius 2 is 1.56 bits per heavy atom. The van der Waals surface area contributed by atoms with E-state index in [0.29, 0.717) is 16.8 Å². The summed E-state index contributed by atoms with van der Waals surface area (Å²) >= 11 is 5.71. The highest BCUT2D eigenvalue weighted by molar-refractivity contribution is 6.31. The first-order valence-electron chi connectivity index (χ1n) is 4.94. The molecule has 0 aliphatic heterocycles. The summed E-state index contributed by atoms with van der Waals surface area (Å²) < 4.78 is 39.1. The molecule has 0 saturated carbocycles. The Labute approximate surface area is 106 Å². The summed E-state index contributed by atoms with van der Waals surface area (Å²) in [6.07, 6.45) is 0. The molecule has 0 aromatic heterocycles. The molecule has 0 aliphatic carbocycles. The first kappa shape index (κ1) is 12.6. The zero-order chi connectivity index (χ0) is 13.3. The quantitative estimate of drug-likeness (QED) is 0.638. The molecule has 0 aliphatic rings. The predicted molar refractivity (Wildman–Crippen MR) is 65.5 cm³/mol. The van der Waals surface area contributed by atoms with E-state index in [9.17, 15) is 13.2 Å². The fraction of sp³-hybridized carbons (Fsp3) is 0. The summed E-state index contributed by atoms with van der Waals surface area (Å²) in [6.45, 7) is 0. The first-order chi connectivity index (χ1) is 8.47. The van der Waals surface area contributed by atoms with Gasteiger partial charge in [0, 0.05) is 17.2 Å². The molecule has 2 nitrogen and oxygen atoms in total. The van der Waals surface area contributed by atoms with E-state index in [1.165, 1.54) is 18.2 Å². The molecular weight excluding hydrogens is 265 g/mol. The molecule has 2 aromatic carbocycles. The van der Waals surface area contributed by atoms with Crippen molar-refractivity contribution < 1.29 is 13.2 Å². The van der Waals surface area contributed by atoms with E-state index in [2.05, 4.69) is 5.32 Å². The molecule has 0 saturated heterocycles. The second-order valence-corrected chi connectivity index (χ2v) is 4.04. The van der Waals surface area contributed by atoms with Crippen molar-refractivity contribution in [2.45, 2.75) is 0 Å². The van der Waals surface area contributed by atoms with Gasteiger partial charge in [0.1, 0.15) is 5.82 Å². The van der Waals surface area contributed by atoms with Crippen LogP contribution in [0.25, 0.3) is 0 Å². The lowest BCUT2D eigenvalue weighted by molar-refractivity contribution is 0.496. The van der Waals surface area contributed by atoms with Gasteiger partial charge >= 0.3 is 0 Å². The molecule has 0 amide bonds. The van der Waals surface area contributed by atoms with E-state index in [-0.39, 0.29) is 11.4 Å². The van der Waals surface area contributed by atoms with Crippen molar-refractivity contribution in [1.29, 1.82) is 0 Å². The van der Waals surface area contributed by atoms with Crippen LogP contribution >= 0.6 is 11.6 Å². The largest absolute Gasteiger partial charge is 0.397 e. The summed E-state index contributed by atoms with van der Waals surface area (Å²) in [7, 11) is 0. The van der Waals surface area contributed by atoms with E-state index in [1.807, 2.05) is 0 Å². The van der Waals surface area contributed by atoms with Gasteiger partial charge in [-0.2, -0.15) is 0 Å². The Hall–Kier alpha value is -1.88. The smallest absolute Gasteiger partial charge is 0.161 e. The molecule has 0 bridgehead atoms. The summed E-state index contributed by atoms with van der Waals surface area (Å²) in [5.41, 5.74) is 6.07. The maximum Gasteiger partial charge on any atom is 0.161 e. The summed E-state index contributed by atoms with van der Waals surface area (Å²) in [5, 5.41) is 2.99.